The molecule has 6 rings (SSSR count). The summed E-state index contributed by atoms with van der Waals surface area (Å²) in [4.78, 5) is 25.5. The highest BCUT2D eigenvalue weighted by atomic mass is 19.1. The van der Waals surface area contributed by atoms with Crippen molar-refractivity contribution < 1.29 is 13.9 Å². The maximum atomic E-state index is 14.6. The Kier molecular flexibility index (Phi) is 6.00. The average Bonchev–Trinajstić information content (AvgIpc) is 3.52. The minimum atomic E-state index is -0.485. The standard InChI is InChI=1S/C27H30FN7O2/c1-15-11-35(12-16(2)30-15)23-5-4-20(25-21(23)10-29-26(32-25)17-6-7-37-14-17)27(36)31-19-8-18-13-34(3)33-24(18)22(28)9-19/h4-5,8-10,13,15-17,30H,6-7,11-12,14H2,1-3H3,(H,31,36)/t15-,16-,17?/m0/s1. The molecule has 2 fully saturated rings. The molecule has 0 radical (unpaired) electrons. The molecule has 2 aromatic heterocycles. The van der Waals surface area contributed by atoms with Gasteiger partial charge in [0.15, 0.2) is 5.82 Å². The first kappa shape index (κ1) is 23.7. The third kappa shape index (κ3) is 4.51. The molecule has 4 heterocycles. The molecule has 9 nitrogen and oxygen atoms in total. The summed E-state index contributed by atoms with van der Waals surface area (Å²) in [7, 11) is 1.73. The van der Waals surface area contributed by atoms with E-state index in [-0.39, 0.29) is 17.3 Å². The highest BCUT2D eigenvalue weighted by Gasteiger charge is 2.26. The summed E-state index contributed by atoms with van der Waals surface area (Å²) < 4.78 is 21.7. The van der Waals surface area contributed by atoms with E-state index < -0.39 is 5.82 Å². The summed E-state index contributed by atoms with van der Waals surface area (Å²) in [6.07, 6.45) is 4.40. The highest BCUT2D eigenvalue weighted by Crippen LogP contribution is 2.32. The zero-order valence-corrected chi connectivity index (χ0v) is 21.2. The maximum Gasteiger partial charge on any atom is 0.257 e. The van der Waals surface area contributed by atoms with Crippen molar-refractivity contribution in [2.75, 3.05) is 36.5 Å². The van der Waals surface area contributed by atoms with Crippen molar-refractivity contribution in [1.82, 2.24) is 25.1 Å². The molecular weight excluding hydrogens is 473 g/mol. The van der Waals surface area contributed by atoms with Crippen LogP contribution in [-0.4, -0.2) is 64.0 Å². The number of fused-ring (bicyclic) bond motifs is 2. The number of aromatic nitrogens is 4. The van der Waals surface area contributed by atoms with Gasteiger partial charge in [0, 0.05) is 79.3 Å². The van der Waals surface area contributed by atoms with Gasteiger partial charge in [0.1, 0.15) is 11.3 Å². The lowest BCUT2D eigenvalue weighted by molar-refractivity contribution is 0.102. The van der Waals surface area contributed by atoms with Crippen LogP contribution in [0, 0.1) is 5.82 Å². The third-order valence-corrected chi connectivity index (χ3v) is 7.12. The molecule has 1 unspecified atom stereocenters. The van der Waals surface area contributed by atoms with Gasteiger partial charge in [-0.3, -0.25) is 9.48 Å². The number of nitrogens with zero attached hydrogens (tertiary/aromatic N) is 5. The van der Waals surface area contributed by atoms with Gasteiger partial charge in [-0.15, -0.1) is 0 Å². The van der Waals surface area contributed by atoms with E-state index in [0.29, 0.717) is 53.3 Å². The number of carbonyl (C=O) groups excluding carboxylic acids is 1. The van der Waals surface area contributed by atoms with Gasteiger partial charge in [0.2, 0.25) is 0 Å². The Morgan fingerprint density at radius 2 is 2.00 bits per heavy atom. The van der Waals surface area contributed by atoms with Gasteiger partial charge in [0.05, 0.1) is 17.7 Å². The van der Waals surface area contributed by atoms with Crippen molar-refractivity contribution in [2.24, 2.45) is 7.05 Å². The summed E-state index contributed by atoms with van der Waals surface area (Å²) in [5.41, 5.74) is 2.65. The number of nitrogens with one attached hydrogen (secondary N) is 2. The molecule has 2 N–H and O–H groups in total. The summed E-state index contributed by atoms with van der Waals surface area (Å²) >= 11 is 0. The molecule has 4 aromatic rings. The summed E-state index contributed by atoms with van der Waals surface area (Å²) in [5, 5.41) is 12.0. The Bertz CT molecular complexity index is 1490. The molecule has 0 saturated carbocycles. The lowest BCUT2D eigenvalue weighted by Gasteiger charge is -2.38. The molecule has 37 heavy (non-hydrogen) atoms. The molecule has 2 aliphatic rings. The van der Waals surface area contributed by atoms with Crippen LogP contribution in [0.1, 0.15) is 42.4 Å². The third-order valence-electron chi connectivity index (χ3n) is 7.12. The van der Waals surface area contributed by atoms with Crippen LogP contribution in [0.15, 0.2) is 36.7 Å². The van der Waals surface area contributed by atoms with Crippen LogP contribution in [-0.2, 0) is 11.8 Å². The van der Waals surface area contributed by atoms with Crippen LogP contribution in [0.25, 0.3) is 21.8 Å². The van der Waals surface area contributed by atoms with Crippen molar-refractivity contribution >= 4 is 39.1 Å². The van der Waals surface area contributed by atoms with Crippen LogP contribution >= 0.6 is 0 Å². The monoisotopic (exact) mass is 503 g/mol. The number of rotatable bonds is 4. The first-order valence-corrected chi connectivity index (χ1v) is 12.7. The zero-order chi connectivity index (χ0) is 25.7. The quantitative estimate of drug-likeness (QED) is 0.439. The molecule has 192 valence electrons. The van der Waals surface area contributed by atoms with Crippen LogP contribution in [0.5, 0.6) is 0 Å². The number of hydrogen-bond acceptors (Lipinski definition) is 7. The van der Waals surface area contributed by atoms with Crippen LogP contribution in [0.3, 0.4) is 0 Å². The summed E-state index contributed by atoms with van der Waals surface area (Å²) in [6.45, 7) is 7.27. The van der Waals surface area contributed by atoms with Crippen molar-refractivity contribution in [1.29, 1.82) is 0 Å². The number of hydrogen-bond donors (Lipinski definition) is 2. The Morgan fingerprint density at radius 3 is 2.76 bits per heavy atom. The molecule has 2 aromatic carbocycles. The smallest absolute Gasteiger partial charge is 0.257 e. The molecule has 3 atom stereocenters. The first-order valence-electron chi connectivity index (χ1n) is 12.7. The first-order chi connectivity index (χ1) is 17.9. The van der Waals surface area contributed by atoms with Crippen LogP contribution in [0.2, 0.25) is 0 Å². The van der Waals surface area contributed by atoms with Gasteiger partial charge in [-0.1, -0.05) is 0 Å². The topological polar surface area (TPSA) is 97.2 Å². The number of ether oxygens (including phenoxy) is 1. The van der Waals surface area contributed by atoms with Crippen molar-refractivity contribution in [3.63, 3.8) is 0 Å². The SMILES string of the molecule is C[C@H]1CN(c2ccc(C(=O)Nc3cc(F)c4nn(C)cc4c3)c3nc(C4CCOC4)ncc23)C[C@H](C)N1. The molecule has 0 bridgehead atoms. The van der Waals surface area contributed by atoms with E-state index in [9.17, 15) is 9.18 Å². The Morgan fingerprint density at radius 1 is 1.19 bits per heavy atom. The molecule has 10 heteroatoms. The van der Waals surface area contributed by atoms with Crippen molar-refractivity contribution in [2.45, 2.75) is 38.3 Å². The van der Waals surface area contributed by atoms with E-state index in [4.69, 9.17) is 14.7 Å². The lowest BCUT2D eigenvalue weighted by atomic mass is 10.0. The molecule has 0 aliphatic carbocycles. The van der Waals surface area contributed by atoms with Crippen LogP contribution < -0.4 is 15.5 Å². The Hall–Kier alpha value is -3.63. The fourth-order valence-corrected chi connectivity index (χ4v) is 5.52. The van der Waals surface area contributed by atoms with E-state index in [1.807, 2.05) is 18.3 Å². The minimum absolute atomic E-state index is 0.102. The van der Waals surface area contributed by atoms with Crippen molar-refractivity contribution in [3.8, 4) is 0 Å². The van der Waals surface area contributed by atoms with Gasteiger partial charge in [0.25, 0.3) is 5.91 Å². The number of anilines is 2. The van der Waals surface area contributed by atoms with Gasteiger partial charge in [-0.2, -0.15) is 5.10 Å². The Balaban J connectivity index is 1.41. The molecule has 0 spiro atoms. The number of halogens is 1. The molecule has 2 saturated heterocycles. The minimum Gasteiger partial charge on any atom is -0.381 e. The van der Waals surface area contributed by atoms with E-state index in [1.165, 1.54) is 6.07 Å². The predicted octanol–water partition coefficient (Wildman–Crippen LogP) is 3.60. The predicted molar refractivity (Wildman–Crippen MR) is 141 cm³/mol. The summed E-state index contributed by atoms with van der Waals surface area (Å²) in [6, 6.07) is 7.45. The van der Waals surface area contributed by atoms with Crippen LogP contribution in [0.4, 0.5) is 15.8 Å². The second-order valence-corrected chi connectivity index (χ2v) is 10.2. The summed E-state index contributed by atoms with van der Waals surface area (Å²) in [5.74, 6) is -0.0543. The zero-order valence-electron chi connectivity index (χ0n) is 21.2. The van der Waals surface area contributed by atoms with Gasteiger partial charge in [-0.25, -0.2) is 14.4 Å². The van der Waals surface area contributed by atoms with Gasteiger partial charge in [-0.05, 0) is 44.5 Å². The number of aryl methyl sites for hydroxylation is 1. The number of piperazine rings is 1. The lowest BCUT2D eigenvalue weighted by Crippen LogP contribution is -2.54. The van der Waals surface area contributed by atoms with E-state index in [1.54, 1.807) is 24.0 Å². The van der Waals surface area contributed by atoms with Crippen molar-refractivity contribution in [3.05, 3.63) is 53.9 Å². The Labute approximate surface area is 214 Å². The second-order valence-electron chi connectivity index (χ2n) is 10.2. The van der Waals surface area contributed by atoms with E-state index in [2.05, 4.69) is 34.5 Å². The molecule has 2 aliphatic heterocycles. The largest absolute Gasteiger partial charge is 0.381 e. The second kappa shape index (κ2) is 9.35. The highest BCUT2D eigenvalue weighted by molar-refractivity contribution is 6.14. The molecular formula is C27H30FN7O2. The van der Waals surface area contributed by atoms with E-state index in [0.717, 1.165) is 30.6 Å². The number of amides is 1. The van der Waals surface area contributed by atoms with Gasteiger partial charge < -0.3 is 20.3 Å². The molecule has 1 amide bonds. The normalized spacial score (nSPS) is 22.2. The van der Waals surface area contributed by atoms with E-state index >= 15 is 0 Å². The maximum absolute atomic E-state index is 14.6. The average molecular weight is 504 g/mol. The van der Waals surface area contributed by atoms with Gasteiger partial charge >= 0.3 is 0 Å². The fourth-order valence-electron chi connectivity index (χ4n) is 5.52. The fraction of sp³-hybridized carbons (Fsp3) is 0.407. The number of carbonyl (C=O) groups is 1. The number of benzene rings is 2.